The first-order valence-electron chi connectivity index (χ1n) is 6.28. The highest BCUT2D eigenvalue weighted by atomic mass is 14.9. The van der Waals surface area contributed by atoms with Crippen LogP contribution in [0.4, 0.5) is 0 Å². The Labute approximate surface area is 96.3 Å². The van der Waals surface area contributed by atoms with E-state index in [1.54, 1.807) is 0 Å². The van der Waals surface area contributed by atoms with Crippen molar-refractivity contribution in [3.8, 4) is 0 Å². The SMILES string of the molecule is C=CC(C)(CNCC(C)C)CC(C)CC. The molecular weight excluding hydrogens is 182 g/mol. The second-order valence-corrected chi connectivity index (χ2v) is 5.60. The Bertz CT molecular complexity index is 174. The van der Waals surface area contributed by atoms with Crippen molar-refractivity contribution in [3.63, 3.8) is 0 Å². The number of hydrogen-bond donors (Lipinski definition) is 1. The molecule has 0 spiro atoms. The minimum atomic E-state index is 0.254. The first kappa shape index (κ1) is 14.7. The van der Waals surface area contributed by atoms with Crippen LogP contribution in [0.1, 0.15) is 47.5 Å². The quantitative estimate of drug-likeness (QED) is 0.601. The van der Waals surface area contributed by atoms with E-state index in [2.05, 4.69) is 52.6 Å². The summed E-state index contributed by atoms with van der Waals surface area (Å²) in [5.41, 5.74) is 0.254. The topological polar surface area (TPSA) is 12.0 Å². The first-order chi connectivity index (χ1) is 6.93. The van der Waals surface area contributed by atoms with Crippen LogP contribution in [-0.4, -0.2) is 13.1 Å². The molecule has 0 bridgehead atoms. The van der Waals surface area contributed by atoms with Crippen LogP contribution in [-0.2, 0) is 0 Å². The van der Waals surface area contributed by atoms with E-state index in [0.29, 0.717) is 0 Å². The standard InChI is InChI=1S/C14H29N/c1-7-13(5)9-14(6,8-2)11-15-10-12(3)4/h8,12-13,15H,2,7,9-11H2,1,3-6H3. The van der Waals surface area contributed by atoms with Crippen molar-refractivity contribution >= 4 is 0 Å². The predicted molar refractivity (Wildman–Crippen MR) is 70.1 cm³/mol. The lowest BCUT2D eigenvalue weighted by Gasteiger charge is -2.29. The van der Waals surface area contributed by atoms with Gasteiger partial charge in [0.15, 0.2) is 0 Å². The Kier molecular flexibility index (Phi) is 6.91. The van der Waals surface area contributed by atoms with Gasteiger partial charge in [-0.25, -0.2) is 0 Å². The minimum Gasteiger partial charge on any atom is -0.316 e. The Morgan fingerprint density at radius 2 is 1.93 bits per heavy atom. The molecule has 0 aromatic heterocycles. The van der Waals surface area contributed by atoms with Gasteiger partial charge in [-0.15, -0.1) is 6.58 Å². The lowest BCUT2D eigenvalue weighted by Crippen LogP contribution is -2.33. The van der Waals surface area contributed by atoms with Crippen LogP contribution < -0.4 is 5.32 Å². The molecular formula is C14H29N. The molecule has 0 heterocycles. The van der Waals surface area contributed by atoms with Crippen molar-refractivity contribution < 1.29 is 0 Å². The van der Waals surface area contributed by atoms with Crippen LogP contribution in [0.5, 0.6) is 0 Å². The van der Waals surface area contributed by atoms with Crippen molar-refractivity contribution in [2.24, 2.45) is 17.3 Å². The average molecular weight is 211 g/mol. The van der Waals surface area contributed by atoms with Crippen LogP contribution in [0.3, 0.4) is 0 Å². The molecule has 0 aromatic rings. The van der Waals surface area contributed by atoms with Gasteiger partial charge in [0.05, 0.1) is 0 Å². The monoisotopic (exact) mass is 211 g/mol. The molecule has 0 amide bonds. The van der Waals surface area contributed by atoms with E-state index in [9.17, 15) is 0 Å². The number of rotatable bonds is 8. The number of nitrogens with one attached hydrogen (secondary N) is 1. The van der Waals surface area contributed by atoms with E-state index in [1.807, 2.05) is 0 Å². The molecule has 1 heteroatoms. The van der Waals surface area contributed by atoms with Crippen LogP contribution >= 0.6 is 0 Å². The summed E-state index contributed by atoms with van der Waals surface area (Å²) in [7, 11) is 0. The molecule has 2 atom stereocenters. The molecule has 90 valence electrons. The predicted octanol–water partition coefficient (Wildman–Crippen LogP) is 3.86. The Morgan fingerprint density at radius 1 is 1.33 bits per heavy atom. The zero-order valence-electron chi connectivity index (χ0n) is 11.3. The summed E-state index contributed by atoms with van der Waals surface area (Å²) in [6, 6.07) is 0. The fourth-order valence-electron chi connectivity index (χ4n) is 1.81. The Morgan fingerprint density at radius 3 is 2.33 bits per heavy atom. The Hall–Kier alpha value is -0.300. The van der Waals surface area contributed by atoms with Crippen LogP contribution in [0, 0.1) is 17.3 Å². The van der Waals surface area contributed by atoms with Gasteiger partial charge in [0.25, 0.3) is 0 Å². The van der Waals surface area contributed by atoms with Gasteiger partial charge in [-0.3, -0.25) is 0 Å². The molecule has 0 saturated carbocycles. The second-order valence-electron chi connectivity index (χ2n) is 5.60. The highest BCUT2D eigenvalue weighted by Gasteiger charge is 2.22. The molecule has 1 N–H and O–H groups in total. The van der Waals surface area contributed by atoms with E-state index in [4.69, 9.17) is 0 Å². The van der Waals surface area contributed by atoms with Gasteiger partial charge in [-0.1, -0.05) is 47.1 Å². The maximum absolute atomic E-state index is 3.98. The first-order valence-corrected chi connectivity index (χ1v) is 6.28. The fourth-order valence-corrected chi connectivity index (χ4v) is 1.81. The molecule has 1 nitrogen and oxygen atoms in total. The van der Waals surface area contributed by atoms with E-state index >= 15 is 0 Å². The second kappa shape index (κ2) is 7.05. The van der Waals surface area contributed by atoms with Gasteiger partial charge in [-0.05, 0) is 30.2 Å². The normalized spacial score (nSPS) is 17.5. The van der Waals surface area contributed by atoms with Crippen molar-refractivity contribution in [2.45, 2.75) is 47.5 Å². The molecule has 0 aliphatic rings. The molecule has 0 aliphatic heterocycles. The van der Waals surface area contributed by atoms with Crippen molar-refractivity contribution in [1.82, 2.24) is 5.32 Å². The van der Waals surface area contributed by atoms with Crippen molar-refractivity contribution in [1.29, 1.82) is 0 Å². The summed E-state index contributed by atoms with van der Waals surface area (Å²) in [4.78, 5) is 0. The van der Waals surface area contributed by atoms with E-state index in [-0.39, 0.29) is 5.41 Å². The van der Waals surface area contributed by atoms with Crippen LogP contribution in [0.15, 0.2) is 12.7 Å². The van der Waals surface area contributed by atoms with Gasteiger partial charge in [0.1, 0.15) is 0 Å². The number of hydrogen-bond acceptors (Lipinski definition) is 1. The fraction of sp³-hybridized carbons (Fsp3) is 0.857. The van der Waals surface area contributed by atoms with Gasteiger partial charge < -0.3 is 5.32 Å². The lowest BCUT2D eigenvalue weighted by molar-refractivity contribution is 0.296. The van der Waals surface area contributed by atoms with E-state index in [1.165, 1.54) is 12.8 Å². The highest BCUT2D eigenvalue weighted by molar-refractivity contribution is 4.93. The molecule has 15 heavy (non-hydrogen) atoms. The van der Waals surface area contributed by atoms with E-state index in [0.717, 1.165) is 24.9 Å². The third-order valence-corrected chi connectivity index (χ3v) is 3.09. The van der Waals surface area contributed by atoms with Gasteiger partial charge in [-0.2, -0.15) is 0 Å². The molecule has 0 aromatic carbocycles. The molecule has 2 unspecified atom stereocenters. The molecule has 0 fully saturated rings. The third-order valence-electron chi connectivity index (χ3n) is 3.09. The van der Waals surface area contributed by atoms with Crippen LogP contribution in [0.25, 0.3) is 0 Å². The highest BCUT2D eigenvalue weighted by Crippen LogP contribution is 2.27. The van der Waals surface area contributed by atoms with E-state index < -0.39 is 0 Å². The molecule has 0 radical (unpaired) electrons. The van der Waals surface area contributed by atoms with Crippen molar-refractivity contribution in [3.05, 3.63) is 12.7 Å². The van der Waals surface area contributed by atoms with Gasteiger partial charge in [0, 0.05) is 6.54 Å². The summed E-state index contributed by atoms with van der Waals surface area (Å²) in [5, 5.41) is 3.53. The summed E-state index contributed by atoms with van der Waals surface area (Å²) < 4.78 is 0. The zero-order chi connectivity index (χ0) is 11.9. The summed E-state index contributed by atoms with van der Waals surface area (Å²) in [6.45, 7) is 17.5. The Balaban J connectivity index is 4.01. The molecule has 0 saturated heterocycles. The van der Waals surface area contributed by atoms with Gasteiger partial charge in [0.2, 0.25) is 0 Å². The van der Waals surface area contributed by atoms with Crippen molar-refractivity contribution in [2.75, 3.05) is 13.1 Å². The largest absolute Gasteiger partial charge is 0.316 e. The molecule has 0 aliphatic carbocycles. The van der Waals surface area contributed by atoms with Crippen LogP contribution in [0.2, 0.25) is 0 Å². The van der Waals surface area contributed by atoms with Gasteiger partial charge >= 0.3 is 0 Å². The third kappa shape index (κ3) is 6.72. The summed E-state index contributed by atoms with van der Waals surface area (Å²) in [5.74, 6) is 1.51. The zero-order valence-corrected chi connectivity index (χ0v) is 11.3. The average Bonchev–Trinajstić information content (AvgIpc) is 2.17. The maximum Gasteiger partial charge on any atom is 0.00400 e. The summed E-state index contributed by atoms with van der Waals surface area (Å²) >= 11 is 0. The minimum absolute atomic E-state index is 0.254. The maximum atomic E-state index is 3.98. The smallest absolute Gasteiger partial charge is 0.00400 e. The summed E-state index contributed by atoms with van der Waals surface area (Å²) in [6.07, 6.45) is 4.61. The molecule has 0 rings (SSSR count). The lowest BCUT2D eigenvalue weighted by atomic mass is 9.80.